The second-order valence-electron chi connectivity index (χ2n) is 10.5. The minimum atomic E-state index is -0.921. The number of hydrogen-bond acceptors (Lipinski definition) is 6. The highest BCUT2D eigenvalue weighted by atomic mass is 16.3. The molecule has 0 aromatic heterocycles. The number of hydrogen-bond donors (Lipinski definition) is 6. The number of carbonyl (C=O) groups is 1. The molecule has 3 atom stereocenters. The van der Waals surface area contributed by atoms with Gasteiger partial charge in [-0.1, -0.05) is 103 Å². The Bertz CT molecular complexity index is 1380. The van der Waals surface area contributed by atoms with Crippen LogP contribution in [0.2, 0.25) is 0 Å². The van der Waals surface area contributed by atoms with Crippen molar-refractivity contribution in [1.82, 2.24) is 10.6 Å². The van der Waals surface area contributed by atoms with Gasteiger partial charge < -0.3 is 27.0 Å². The largest absolute Gasteiger partial charge is 0.396 e. The Kier molecular flexibility index (Phi) is 10.8. The average molecular weight is 553 g/mol. The summed E-state index contributed by atoms with van der Waals surface area (Å²) in [5, 5.41) is 27.9. The van der Waals surface area contributed by atoms with E-state index < -0.39 is 12.4 Å². The topological polar surface area (TPSA) is 134 Å². The standard InChI is InChI=1S/C34H40N4O3/c1-23(40)37-21-25-10-12-27(13-11-25)28-14-16-29(17-15-28)34(41)38-32(20-24-6-3-2-4-7-24)31(22-39)19-26-8-5-9-30(18-26)33(35)36/h2-18,31-34,38-39,41H,19-22,35-36H2,1H3,(H,37,40). The lowest BCUT2D eigenvalue weighted by Gasteiger charge is -2.30. The molecule has 4 rings (SSSR count). The van der Waals surface area contributed by atoms with Crippen LogP contribution in [0.3, 0.4) is 0 Å². The quantitative estimate of drug-likeness (QED) is 0.139. The van der Waals surface area contributed by atoms with E-state index in [0.717, 1.165) is 38.9 Å². The Morgan fingerprint density at radius 3 is 2.00 bits per heavy atom. The van der Waals surface area contributed by atoms with Crippen LogP contribution < -0.4 is 22.1 Å². The van der Waals surface area contributed by atoms with E-state index in [0.29, 0.717) is 19.4 Å². The van der Waals surface area contributed by atoms with Crippen LogP contribution in [0.25, 0.3) is 11.1 Å². The van der Waals surface area contributed by atoms with E-state index in [1.807, 2.05) is 91.0 Å². The molecule has 0 bridgehead atoms. The van der Waals surface area contributed by atoms with Gasteiger partial charge in [-0.15, -0.1) is 0 Å². The van der Waals surface area contributed by atoms with Crippen molar-refractivity contribution in [2.45, 2.75) is 44.7 Å². The fourth-order valence-electron chi connectivity index (χ4n) is 4.99. The monoisotopic (exact) mass is 552 g/mol. The molecular formula is C34H40N4O3. The van der Waals surface area contributed by atoms with Gasteiger partial charge in [0.25, 0.3) is 0 Å². The van der Waals surface area contributed by atoms with Crippen molar-refractivity contribution in [2.24, 2.45) is 17.4 Å². The van der Waals surface area contributed by atoms with Gasteiger partial charge in [0.2, 0.25) is 5.91 Å². The number of nitrogens with one attached hydrogen (secondary N) is 2. The molecule has 1 amide bonds. The Morgan fingerprint density at radius 2 is 1.39 bits per heavy atom. The number of aliphatic hydroxyl groups is 2. The molecule has 0 radical (unpaired) electrons. The van der Waals surface area contributed by atoms with Crippen molar-refractivity contribution < 1.29 is 15.0 Å². The molecular weight excluding hydrogens is 512 g/mol. The van der Waals surface area contributed by atoms with Gasteiger partial charge in [-0.05, 0) is 51.8 Å². The van der Waals surface area contributed by atoms with E-state index in [2.05, 4.69) is 22.8 Å². The van der Waals surface area contributed by atoms with Crippen LogP contribution in [0, 0.1) is 5.92 Å². The van der Waals surface area contributed by atoms with Crippen LogP contribution >= 0.6 is 0 Å². The highest BCUT2D eigenvalue weighted by Crippen LogP contribution is 2.24. The van der Waals surface area contributed by atoms with E-state index in [-0.39, 0.29) is 24.5 Å². The Hall–Kier alpha value is -3.85. The van der Waals surface area contributed by atoms with Crippen molar-refractivity contribution in [3.63, 3.8) is 0 Å². The third-order valence-corrected chi connectivity index (χ3v) is 7.36. The van der Waals surface area contributed by atoms with Crippen LogP contribution in [0.4, 0.5) is 0 Å². The van der Waals surface area contributed by atoms with Crippen LogP contribution in [0.5, 0.6) is 0 Å². The highest BCUT2D eigenvalue weighted by Gasteiger charge is 2.25. The molecule has 41 heavy (non-hydrogen) atoms. The lowest BCUT2D eigenvalue weighted by atomic mass is 9.87. The van der Waals surface area contributed by atoms with Gasteiger partial charge in [0.15, 0.2) is 0 Å². The fourth-order valence-corrected chi connectivity index (χ4v) is 4.99. The first kappa shape index (κ1) is 30.1. The Balaban J connectivity index is 1.49. The summed E-state index contributed by atoms with van der Waals surface area (Å²) in [5.41, 5.74) is 18.6. The molecule has 0 saturated heterocycles. The number of rotatable bonds is 13. The van der Waals surface area contributed by atoms with Crippen LogP contribution in [-0.4, -0.2) is 28.8 Å². The molecule has 4 aromatic rings. The third-order valence-electron chi connectivity index (χ3n) is 7.36. The van der Waals surface area contributed by atoms with Gasteiger partial charge in [0, 0.05) is 32.0 Å². The maximum absolute atomic E-state index is 11.2. The summed E-state index contributed by atoms with van der Waals surface area (Å²) >= 11 is 0. The van der Waals surface area contributed by atoms with Crippen molar-refractivity contribution in [1.29, 1.82) is 0 Å². The van der Waals surface area contributed by atoms with Crippen molar-refractivity contribution in [3.05, 3.63) is 131 Å². The first-order chi connectivity index (χ1) is 19.8. The molecule has 0 saturated carbocycles. The van der Waals surface area contributed by atoms with Gasteiger partial charge >= 0.3 is 0 Å². The predicted molar refractivity (Wildman–Crippen MR) is 163 cm³/mol. The van der Waals surface area contributed by atoms with Crippen molar-refractivity contribution >= 4 is 5.91 Å². The first-order valence-electron chi connectivity index (χ1n) is 13.9. The second kappa shape index (κ2) is 14.7. The molecule has 4 aromatic carbocycles. The highest BCUT2D eigenvalue weighted by molar-refractivity contribution is 5.72. The molecule has 214 valence electrons. The van der Waals surface area contributed by atoms with E-state index in [1.54, 1.807) is 0 Å². The van der Waals surface area contributed by atoms with Gasteiger partial charge in [0.1, 0.15) is 6.23 Å². The summed E-state index contributed by atoms with van der Waals surface area (Å²) in [6.07, 6.45) is -0.240. The van der Waals surface area contributed by atoms with E-state index in [4.69, 9.17) is 11.5 Å². The van der Waals surface area contributed by atoms with E-state index in [9.17, 15) is 15.0 Å². The predicted octanol–water partition coefficient (Wildman–Crippen LogP) is 3.95. The number of nitrogens with two attached hydrogens (primary N) is 2. The maximum atomic E-state index is 11.2. The average Bonchev–Trinajstić information content (AvgIpc) is 2.99. The van der Waals surface area contributed by atoms with E-state index in [1.165, 1.54) is 6.92 Å². The Morgan fingerprint density at radius 1 is 0.756 bits per heavy atom. The minimum Gasteiger partial charge on any atom is -0.396 e. The number of carbonyl (C=O) groups excluding carboxylic acids is 1. The van der Waals surface area contributed by atoms with Crippen molar-refractivity contribution in [3.8, 4) is 11.1 Å². The smallest absolute Gasteiger partial charge is 0.217 e. The summed E-state index contributed by atoms with van der Waals surface area (Å²) in [6, 6.07) is 33.5. The summed E-state index contributed by atoms with van der Waals surface area (Å²) < 4.78 is 0. The molecule has 0 fully saturated rings. The fraction of sp³-hybridized carbons (Fsp3) is 0.265. The van der Waals surface area contributed by atoms with Crippen molar-refractivity contribution in [2.75, 3.05) is 6.61 Å². The Labute approximate surface area is 242 Å². The molecule has 0 heterocycles. The molecule has 0 aliphatic carbocycles. The third kappa shape index (κ3) is 8.82. The van der Waals surface area contributed by atoms with Crippen LogP contribution in [-0.2, 0) is 24.2 Å². The minimum absolute atomic E-state index is 0.0486. The summed E-state index contributed by atoms with van der Waals surface area (Å²) in [6.45, 7) is 1.95. The summed E-state index contributed by atoms with van der Waals surface area (Å²) in [5.74, 6) is -0.219. The lowest BCUT2D eigenvalue weighted by molar-refractivity contribution is -0.119. The van der Waals surface area contributed by atoms with E-state index >= 15 is 0 Å². The lowest BCUT2D eigenvalue weighted by Crippen LogP contribution is -2.42. The van der Waals surface area contributed by atoms with Gasteiger partial charge in [-0.25, -0.2) is 0 Å². The van der Waals surface area contributed by atoms with Crippen LogP contribution in [0.15, 0.2) is 103 Å². The number of amides is 1. The van der Waals surface area contributed by atoms with Gasteiger partial charge in [-0.3, -0.25) is 10.1 Å². The van der Waals surface area contributed by atoms with Crippen LogP contribution in [0.1, 0.15) is 47.1 Å². The van der Waals surface area contributed by atoms with Gasteiger partial charge in [-0.2, -0.15) is 0 Å². The zero-order chi connectivity index (χ0) is 29.2. The second-order valence-corrected chi connectivity index (χ2v) is 10.5. The first-order valence-corrected chi connectivity index (χ1v) is 13.9. The number of benzene rings is 4. The zero-order valence-corrected chi connectivity index (χ0v) is 23.4. The normalized spacial score (nSPS) is 13.5. The molecule has 3 unspecified atom stereocenters. The summed E-state index contributed by atoms with van der Waals surface area (Å²) in [4.78, 5) is 11.2. The zero-order valence-electron chi connectivity index (χ0n) is 23.4. The molecule has 0 aliphatic heterocycles. The molecule has 7 nitrogen and oxygen atoms in total. The molecule has 7 heteroatoms. The van der Waals surface area contributed by atoms with Gasteiger partial charge in [0.05, 0.1) is 6.17 Å². The number of aliphatic hydroxyl groups excluding tert-OH is 2. The molecule has 0 spiro atoms. The SMILES string of the molecule is CC(=O)NCc1ccc(-c2ccc(C(O)NC(Cc3ccccc3)C(CO)Cc3cccc(C(N)N)c3)cc2)cc1. The molecule has 8 N–H and O–H groups in total. The summed E-state index contributed by atoms with van der Waals surface area (Å²) in [7, 11) is 0. The maximum Gasteiger partial charge on any atom is 0.217 e. The molecule has 0 aliphatic rings.